The van der Waals surface area contributed by atoms with E-state index in [9.17, 15) is 9.90 Å². The van der Waals surface area contributed by atoms with Crippen LogP contribution in [-0.4, -0.2) is 42.7 Å². The molecule has 0 unspecified atom stereocenters. The van der Waals surface area contributed by atoms with Crippen molar-refractivity contribution < 1.29 is 19.4 Å². The molecule has 1 fully saturated rings. The average molecular weight is 189 g/mol. The monoisotopic (exact) mass is 189 g/mol. The molecule has 1 rings (SSSR count). The van der Waals surface area contributed by atoms with Gasteiger partial charge in [-0.3, -0.25) is 0 Å². The van der Waals surface area contributed by atoms with Crippen molar-refractivity contribution in [2.45, 2.75) is 32.1 Å². The SMILES string of the molecule is CC(C)OC(=O)N[C@@H]1COC[C@H]1O. The van der Waals surface area contributed by atoms with Gasteiger partial charge in [0, 0.05) is 0 Å². The van der Waals surface area contributed by atoms with Crippen LogP contribution in [0.1, 0.15) is 13.8 Å². The highest BCUT2D eigenvalue weighted by molar-refractivity contribution is 5.67. The smallest absolute Gasteiger partial charge is 0.407 e. The molecule has 1 saturated heterocycles. The number of nitrogens with one attached hydrogen (secondary N) is 1. The van der Waals surface area contributed by atoms with Crippen molar-refractivity contribution in [1.82, 2.24) is 5.32 Å². The van der Waals surface area contributed by atoms with Gasteiger partial charge >= 0.3 is 6.09 Å². The topological polar surface area (TPSA) is 67.8 Å². The Hall–Kier alpha value is -0.810. The lowest BCUT2D eigenvalue weighted by atomic mass is 10.2. The number of rotatable bonds is 2. The summed E-state index contributed by atoms with van der Waals surface area (Å²) in [6, 6.07) is -0.341. The summed E-state index contributed by atoms with van der Waals surface area (Å²) in [6.07, 6.45) is -1.29. The van der Waals surface area contributed by atoms with Crippen molar-refractivity contribution >= 4 is 6.09 Å². The average Bonchev–Trinajstić information content (AvgIpc) is 2.34. The Balaban J connectivity index is 2.27. The van der Waals surface area contributed by atoms with Gasteiger partial charge in [-0.15, -0.1) is 0 Å². The van der Waals surface area contributed by atoms with Crippen LogP contribution in [0.2, 0.25) is 0 Å². The molecular weight excluding hydrogens is 174 g/mol. The van der Waals surface area contributed by atoms with E-state index in [-0.39, 0.29) is 18.8 Å². The molecule has 76 valence electrons. The first-order valence-electron chi connectivity index (χ1n) is 4.32. The number of ether oxygens (including phenoxy) is 2. The lowest BCUT2D eigenvalue weighted by Gasteiger charge is -2.15. The molecule has 1 amide bonds. The van der Waals surface area contributed by atoms with Crippen LogP contribution in [0.4, 0.5) is 4.79 Å². The number of carbonyl (C=O) groups excluding carboxylic acids is 1. The van der Waals surface area contributed by atoms with Crippen molar-refractivity contribution in [1.29, 1.82) is 0 Å². The van der Waals surface area contributed by atoms with Crippen LogP contribution in [0.15, 0.2) is 0 Å². The quantitative estimate of drug-likeness (QED) is 0.635. The van der Waals surface area contributed by atoms with E-state index in [1.54, 1.807) is 13.8 Å². The van der Waals surface area contributed by atoms with Crippen molar-refractivity contribution in [3.05, 3.63) is 0 Å². The zero-order chi connectivity index (χ0) is 9.84. The van der Waals surface area contributed by atoms with Crippen molar-refractivity contribution in [3.8, 4) is 0 Å². The van der Waals surface area contributed by atoms with Gasteiger partial charge in [-0.05, 0) is 13.8 Å². The maximum atomic E-state index is 11.1. The number of aliphatic hydroxyl groups is 1. The summed E-state index contributed by atoms with van der Waals surface area (Å²) < 4.78 is 9.80. The Morgan fingerprint density at radius 1 is 1.62 bits per heavy atom. The summed E-state index contributed by atoms with van der Waals surface area (Å²) in [6.45, 7) is 4.14. The largest absolute Gasteiger partial charge is 0.447 e. The Kier molecular flexibility index (Phi) is 3.50. The minimum atomic E-state index is -0.625. The zero-order valence-electron chi connectivity index (χ0n) is 7.82. The minimum absolute atomic E-state index is 0.153. The van der Waals surface area contributed by atoms with Gasteiger partial charge in [0.15, 0.2) is 0 Å². The molecular formula is C8H15NO4. The molecule has 2 atom stereocenters. The van der Waals surface area contributed by atoms with Crippen LogP contribution in [0.25, 0.3) is 0 Å². The van der Waals surface area contributed by atoms with Gasteiger partial charge in [-0.1, -0.05) is 0 Å². The fraction of sp³-hybridized carbons (Fsp3) is 0.875. The van der Waals surface area contributed by atoms with Gasteiger partial charge in [-0.2, -0.15) is 0 Å². The highest BCUT2D eigenvalue weighted by Crippen LogP contribution is 2.05. The normalized spacial score (nSPS) is 27.7. The second-order valence-corrected chi connectivity index (χ2v) is 3.31. The molecule has 0 aromatic carbocycles. The van der Waals surface area contributed by atoms with E-state index in [0.717, 1.165) is 0 Å². The highest BCUT2D eigenvalue weighted by Gasteiger charge is 2.28. The first-order valence-corrected chi connectivity index (χ1v) is 4.32. The van der Waals surface area contributed by atoms with Gasteiger partial charge in [-0.25, -0.2) is 4.79 Å². The van der Waals surface area contributed by atoms with Crippen LogP contribution in [0.5, 0.6) is 0 Å². The Morgan fingerprint density at radius 2 is 2.31 bits per heavy atom. The van der Waals surface area contributed by atoms with Crippen LogP contribution in [0, 0.1) is 0 Å². The Labute approximate surface area is 77.0 Å². The first-order chi connectivity index (χ1) is 6.09. The molecule has 0 spiro atoms. The van der Waals surface area contributed by atoms with E-state index in [2.05, 4.69) is 5.32 Å². The third kappa shape index (κ3) is 3.20. The molecule has 5 heteroatoms. The third-order valence-electron chi connectivity index (χ3n) is 1.70. The predicted octanol–water partition coefficient (Wildman–Crippen LogP) is -0.119. The molecule has 13 heavy (non-hydrogen) atoms. The maximum absolute atomic E-state index is 11.1. The van der Waals surface area contributed by atoms with Crippen LogP contribution in [0.3, 0.4) is 0 Å². The fourth-order valence-corrected chi connectivity index (χ4v) is 1.08. The molecule has 5 nitrogen and oxygen atoms in total. The zero-order valence-corrected chi connectivity index (χ0v) is 7.82. The molecule has 2 N–H and O–H groups in total. The molecule has 0 radical (unpaired) electrons. The molecule has 0 aromatic heterocycles. The van der Waals surface area contributed by atoms with Crippen molar-refractivity contribution in [2.75, 3.05) is 13.2 Å². The summed E-state index contributed by atoms with van der Waals surface area (Å²) in [7, 11) is 0. The van der Waals surface area contributed by atoms with Crippen LogP contribution >= 0.6 is 0 Å². The second kappa shape index (κ2) is 4.43. The molecule has 0 bridgehead atoms. The van der Waals surface area contributed by atoms with E-state index >= 15 is 0 Å². The fourth-order valence-electron chi connectivity index (χ4n) is 1.08. The summed E-state index contributed by atoms with van der Waals surface area (Å²) in [5.74, 6) is 0. The minimum Gasteiger partial charge on any atom is -0.447 e. The number of hydrogen-bond acceptors (Lipinski definition) is 4. The first kappa shape index (κ1) is 10.3. The summed E-state index contributed by atoms with van der Waals surface area (Å²) in [4.78, 5) is 11.1. The predicted molar refractivity (Wildman–Crippen MR) is 45.4 cm³/mol. The van der Waals surface area contributed by atoms with Gasteiger partial charge in [0.1, 0.15) is 0 Å². The van der Waals surface area contributed by atoms with Gasteiger partial charge in [0.25, 0.3) is 0 Å². The Morgan fingerprint density at radius 3 is 2.77 bits per heavy atom. The number of alkyl carbamates (subject to hydrolysis) is 1. The number of hydrogen-bond donors (Lipinski definition) is 2. The maximum Gasteiger partial charge on any atom is 0.407 e. The van der Waals surface area contributed by atoms with Gasteiger partial charge < -0.3 is 19.9 Å². The standard InChI is InChI=1S/C8H15NO4/c1-5(2)13-8(11)9-6-3-12-4-7(6)10/h5-7,10H,3-4H2,1-2H3,(H,9,11)/t6-,7-/m1/s1. The van der Waals surface area contributed by atoms with Gasteiger partial charge in [0.05, 0.1) is 31.5 Å². The lowest BCUT2D eigenvalue weighted by molar-refractivity contribution is 0.0992. The Bertz CT molecular complexity index is 183. The van der Waals surface area contributed by atoms with Crippen LogP contribution in [-0.2, 0) is 9.47 Å². The van der Waals surface area contributed by atoms with Crippen molar-refractivity contribution in [2.24, 2.45) is 0 Å². The third-order valence-corrected chi connectivity index (χ3v) is 1.70. The van der Waals surface area contributed by atoms with E-state index in [1.807, 2.05) is 0 Å². The van der Waals surface area contributed by atoms with Gasteiger partial charge in [0.2, 0.25) is 0 Å². The molecule has 1 aliphatic rings. The molecule has 1 heterocycles. The van der Waals surface area contributed by atoms with E-state index in [0.29, 0.717) is 6.61 Å². The number of amides is 1. The second-order valence-electron chi connectivity index (χ2n) is 3.31. The summed E-state index contributed by atoms with van der Waals surface area (Å²) in [5, 5.41) is 11.8. The summed E-state index contributed by atoms with van der Waals surface area (Å²) >= 11 is 0. The van der Waals surface area contributed by atoms with E-state index in [4.69, 9.17) is 9.47 Å². The molecule has 0 saturated carbocycles. The number of aliphatic hydroxyl groups excluding tert-OH is 1. The lowest BCUT2D eigenvalue weighted by Crippen LogP contribution is -2.43. The summed E-state index contributed by atoms with van der Waals surface area (Å²) in [5.41, 5.74) is 0. The van der Waals surface area contributed by atoms with E-state index < -0.39 is 12.2 Å². The molecule has 0 aliphatic carbocycles. The highest BCUT2D eigenvalue weighted by atomic mass is 16.6. The molecule has 0 aromatic rings. The van der Waals surface area contributed by atoms with Crippen LogP contribution < -0.4 is 5.32 Å². The molecule has 1 aliphatic heterocycles. The number of carbonyl (C=O) groups is 1. The van der Waals surface area contributed by atoms with E-state index in [1.165, 1.54) is 0 Å². The van der Waals surface area contributed by atoms with Crippen molar-refractivity contribution in [3.63, 3.8) is 0 Å².